The SMILES string of the molecule is [C-]#[N+]c1c(N2CCC(N)CC2)ncc(-c2cc3onc(C)c3cc2F)c1-c1ccc(C#N)c(F)c1. The number of aryl methyl sites for hydroxylation is 1. The van der Waals surface area contributed by atoms with Crippen LogP contribution in [0.1, 0.15) is 24.1 Å². The molecule has 0 saturated carbocycles. The van der Waals surface area contributed by atoms with Gasteiger partial charge in [-0.3, -0.25) is 4.98 Å². The number of anilines is 1. The van der Waals surface area contributed by atoms with E-state index < -0.39 is 11.6 Å². The van der Waals surface area contributed by atoms with E-state index in [0.29, 0.717) is 52.3 Å². The van der Waals surface area contributed by atoms with Gasteiger partial charge in [0, 0.05) is 47.4 Å². The number of pyridine rings is 1. The van der Waals surface area contributed by atoms with Gasteiger partial charge in [-0.1, -0.05) is 11.2 Å². The van der Waals surface area contributed by atoms with Gasteiger partial charge < -0.3 is 15.2 Å². The summed E-state index contributed by atoms with van der Waals surface area (Å²) >= 11 is 0. The van der Waals surface area contributed by atoms with Gasteiger partial charge in [0.2, 0.25) is 5.69 Å². The van der Waals surface area contributed by atoms with Crippen LogP contribution in [0.4, 0.5) is 20.3 Å². The summed E-state index contributed by atoms with van der Waals surface area (Å²) in [4.78, 5) is 10.3. The van der Waals surface area contributed by atoms with E-state index >= 15 is 4.39 Å². The predicted molar refractivity (Wildman–Crippen MR) is 128 cm³/mol. The van der Waals surface area contributed by atoms with Crippen LogP contribution in [0.15, 0.2) is 41.1 Å². The number of aromatic nitrogens is 2. The molecule has 4 aromatic rings. The fourth-order valence-corrected chi connectivity index (χ4v) is 4.48. The first-order valence-electron chi connectivity index (χ1n) is 11.1. The molecular formula is C26H20F2N6O. The lowest BCUT2D eigenvalue weighted by molar-refractivity contribution is 0.450. The molecule has 0 spiro atoms. The molecule has 1 aliphatic heterocycles. The van der Waals surface area contributed by atoms with Crippen molar-refractivity contribution >= 4 is 22.5 Å². The average molecular weight is 470 g/mol. The lowest BCUT2D eigenvalue weighted by Crippen LogP contribution is -2.40. The molecule has 0 radical (unpaired) electrons. The second-order valence-electron chi connectivity index (χ2n) is 8.56. The topological polar surface area (TPSA) is 96.3 Å². The highest BCUT2D eigenvalue weighted by Crippen LogP contribution is 2.45. The third-order valence-corrected chi connectivity index (χ3v) is 6.39. The van der Waals surface area contributed by atoms with Crippen molar-refractivity contribution in [3.8, 4) is 28.3 Å². The number of halogens is 2. The van der Waals surface area contributed by atoms with Gasteiger partial charge >= 0.3 is 0 Å². The molecule has 3 heterocycles. The van der Waals surface area contributed by atoms with E-state index in [2.05, 4.69) is 15.0 Å². The Kier molecular flexibility index (Phi) is 5.64. The monoisotopic (exact) mass is 470 g/mol. The molecule has 2 aromatic carbocycles. The molecule has 5 rings (SSSR count). The lowest BCUT2D eigenvalue weighted by atomic mass is 9.92. The Bertz CT molecular complexity index is 1540. The molecular weight excluding hydrogens is 450 g/mol. The summed E-state index contributed by atoms with van der Waals surface area (Å²) in [5.41, 5.74) is 8.17. The van der Waals surface area contributed by atoms with Crippen LogP contribution in [-0.2, 0) is 0 Å². The number of hydrogen-bond donors (Lipinski definition) is 1. The van der Waals surface area contributed by atoms with Crippen LogP contribution in [-0.4, -0.2) is 29.3 Å². The number of nitrogens with zero attached hydrogens (tertiary/aromatic N) is 5. The van der Waals surface area contributed by atoms with E-state index in [1.165, 1.54) is 30.5 Å². The summed E-state index contributed by atoms with van der Waals surface area (Å²) in [5, 5.41) is 13.6. The van der Waals surface area contributed by atoms with Crippen molar-refractivity contribution in [2.45, 2.75) is 25.8 Å². The fraction of sp³-hybridized carbons (Fsp3) is 0.231. The third kappa shape index (κ3) is 3.86. The summed E-state index contributed by atoms with van der Waals surface area (Å²) in [5.74, 6) is -0.836. The van der Waals surface area contributed by atoms with Crippen LogP contribution in [0.5, 0.6) is 0 Å². The molecule has 0 amide bonds. The molecule has 1 fully saturated rings. The van der Waals surface area contributed by atoms with E-state index in [-0.39, 0.29) is 22.9 Å². The van der Waals surface area contributed by atoms with Gasteiger partial charge in [0.05, 0.1) is 17.8 Å². The van der Waals surface area contributed by atoms with Crippen molar-refractivity contribution in [1.29, 1.82) is 5.26 Å². The normalized spacial score (nSPS) is 14.2. The molecule has 2 N–H and O–H groups in total. The average Bonchev–Trinajstić information content (AvgIpc) is 3.22. The Hall–Kier alpha value is -4.34. The molecule has 35 heavy (non-hydrogen) atoms. The predicted octanol–water partition coefficient (Wildman–Crippen LogP) is 5.49. The first-order chi connectivity index (χ1) is 16.9. The van der Waals surface area contributed by atoms with Crippen molar-refractivity contribution in [3.63, 3.8) is 0 Å². The van der Waals surface area contributed by atoms with Crippen LogP contribution in [0, 0.1) is 36.5 Å². The number of fused-ring (bicyclic) bond motifs is 1. The molecule has 0 bridgehead atoms. The summed E-state index contributed by atoms with van der Waals surface area (Å²) in [6.45, 7) is 10.9. The zero-order valence-electron chi connectivity index (χ0n) is 18.8. The quantitative estimate of drug-likeness (QED) is 0.398. The molecule has 7 nitrogen and oxygen atoms in total. The molecule has 2 aromatic heterocycles. The number of benzene rings is 2. The van der Waals surface area contributed by atoms with Crippen molar-refractivity contribution in [1.82, 2.24) is 10.1 Å². The van der Waals surface area contributed by atoms with Crippen molar-refractivity contribution in [2.75, 3.05) is 18.0 Å². The van der Waals surface area contributed by atoms with Crippen LogP contribution in [0.25, 0.3) is 38.1 Å². The zero-order chi connectivity index (χ0) is 24.7. The highest BCUT2D eigenvalue weighted by atomic mass is 19.1. The zero-order valence-corrected chi connectivity index (χ0v) is 18.8. The molecule has 9 heteroatoms. The van der Waals surface area contributed by atoms with Crippen LogP contribution in [0.2, 0.25) is 0 Å². The highest BCUT2D eigenvalue weighted by Gasteiger charge is 2.26. The van der Waals surface area contributed by atoms with E-state index in [4.69, 9.17) is 22.1 Å². The van der Waals surface area contributed by atoms with Gasteiger partial charge in [0.15, 0.2) is 5.58 Å². The minimum atomic E-state index is -0.726. The number of hydrogen-bond acceptors (Lipinski definition) is 6. The maximum Gasteiger partial charge on any atom is 0.236 e. The molecule has 1 aliphatic rings. The smallest absolute Gasteiger partial charge is 0.236 e. The fourth-order valence-electron chi connectivity index (χ4n) is 4.48. The number of nitrogens with two attached hydrogens (primary N) is 1. The first kappa shape index (κ1) is 22.5. The summed E-state index contributed by atoms with van der Waals surface area (Å²) in [6, 6.07) is 8.82. The Morgan fingerprint density at radius 3 is 2.63 bits per heavy atom. The Morgan fingerprint density at radius 1 is 1.17 bits per heavy atom. The van der Waals surface area contributed by atoms with E-state index in [0.717, 1.165) is 12.8 Å². The van der Waals surface area contributed by atoms with E-state index in [9.17, 15) is 4.39 Å². The van der Waals surface area contributed by atoms with E-state index in [1.54, 1.807) is 19.1 Å². The minimum absolute atomic E-state index is 0.0835. The second kappa shape index (κ2) is 8.79. The van der Waals surface area contributed by atoms with E-state index in [1.807, 2.05) is 4.90 Å². The van der Waals surface area contributed by atoms with Gasteiger partial charge in [-0.2, -0.15) is 5.26 Å². The van der Waals surface area contributed by atoms with Gasteiger partial charge in [0.1, 0.15) is 23.5 Å². The van der Waals surface area contributed by atoms with Gasteiger partial charge in [-0.25, -0.2) is 13.6 Å². The maximum atomic E-state index is 15.4. The van der Waals surface area contributed by atoms with Crippen molar-refractivity contribution in [2.24, 2.45) is 5.73 Å². The maximum absolute atomic E-state index is 15.4. The molecule has 0 aliphatic carbocycles. The number of rotatable bonds is 3. The van der Waals surface area contributed by atoms with Crippen molar-refractivity contribution in [3.05, 3.63) is 70.8 Å². The van der Waals surface area contributed by atoms with Gasteiger partial charge in [0.25, 0.3) is 0 Å². The number of nitriles is 1. The van der Waals surface area contributed by atoms with Gasteiger partial charge in [-0.15, -0.1) is 0 Å². The number of piperidine rings is 1. The molecule has 174 valence electrons. The van der Waals surface area contributed by atoms with Crippen LogP contribution in [0.3, 0.4) is 0 Å². The van der Waals surface area contributed by atoms with Crippen LogP contribution < -0.4 is 10.6 Å². The Balaban J connectivity index is 1.78. The highest BCUT2D eigenvalue weighted by molar-refractivity contribution is 5.98. The Labute approximate surface area is 200 Å². The lowest BCUT2D eigenvalue weighted by Gasteiger charge is -2.32. The van der Waals surface area contributed by atoms with Crippen LogP contribution >= 0.6 is 0 Å². The summed E-state index contributed by atoms with van der Waals surface area (Å²) in [6.07, 6.45) is 2.99. The minimum Gasteiger partial charge on any atom is -0.365 e. The first-order valence-corrected chi connectivity index (χ1v) is 11.1. The standard InChI is InChI=1S/C26H20F2N6O/c1-14-18-10-22(28)19(11-23(18)35-33-14)20-13-32-26(34-7-5-17(30)6-8-34)25(31-2)24(20)15-3-4-16(12-29)21(27)9-15/h3-4,9-11,13,17H,5-8,30H2,1H3. The van der Waals surface area contributed by atoms with Gasteiger partial charge in [-0.05, 0) is 49.6 Å². The third-order valence-electron chi connectivity index (χ3n) is 6.39. The summed E-state index contributed by atoms with van der Waals surface area (Å²) in [7, 11) is 0. The second-order valence-corrected chi connectivity index (χ2v) is 8.56. The summed E-state index contributed by atoms with van der Waals surface area (Å²) < 4.78 is 35.4. The van der Waals surface area contributed by atoms with Crippen molar-refractivity contribution < 1.29 is 13.3 Å². The molecule has 0 unspecified atom stereocenters. The molecule has 1 saturated heterocycles. The molecule has 0 atom stereocenters. The largest absolute Gasteiger partial charge is 0.365 e. The Morgan fingerprint density at radius 2 is 1.94 bits per heavy atom.